The topological polar surface area (TPSA) is 72.8 Å². The van der Waals surface area contributed by atoms with Crippen LogP contribution in [-0.4, -0.2) is 23.2 Å². The number of hydrogen-bond donors (Lipinski definition) is 1. The third-order valence-electron chi connectivity index (χ3n) is 5.97. The minimum absolute atomic E-state index is 0.0924. The molecule has 1 amide bonds. The fourth-order valence-corrected chi connectivity index (χ4v) is 4.14. The molecule has 4 aromatic carbocycles. The quantitative estimate of drug-likeness (QED) is 0.169. The Balaban J connectivity index is 1.32. The molecule has 0 spiro atoms. The van der Waals surface area contributed by atoms with Crippen molar-refractivity contribution in [3.05, 3.63) is 126 Å². The number of amides is 1. The van der Waals surface area contributed by atoms with Crippen LogP contribution >= 0.6 is 0 Å². The highest BCUT2D eigenvalue weighted by Gasteiger charge is 2.14. The number of para-hydroxylation sites is 1. The van der Waals surface area contributed by atoms with Gasteiger partial charge in [0.25, 0.3) is 5.91 Å². The molecule has 5 aromatic rings. The maximum absolute atomic E-state index is 13.2. The average molecular weight is 516 g/mol. The van der Waals surface area contributed by atoms with E-state index in [0.717, 1.165) is 39.1 Å². The molecule has 6 nitrogen and oxygen atoms in total. The van der Waals surface area contributed by atoms with Gasteiger partial charge in [-0.1, -0.05) is 60.7 Å². The summed E-state index contributed by atoms with van der Waals surface area (Å²) in [7, 11) is 0. The van der Waals surface area contributed by atoms with Gasteiger partial charge in [-0.25, -0.2) is 10.4 Å². The Kier molecular flexibility index (Phi) is 7.93. The number of hydrazone groups is 1. The number of carbonyl (C=O) groups is 1. The normalized spacial score (nSPS) is 11.2. The van der Waals surface area contributed by atoms with Gasteiger partial charge in [-0.05, 0) is 73.5 Å². The fraction of sp³-hybridized carbons (Fsp3) is 0.121. The summed E-state index contributed by atoms with van der Waals surface area (Å²) in [6.45, 7) is 4.45. The number of hydrogen-bond acceptors (Lipinski definition) is 5. The van der Waals surface area contributed by atoms with Crippen LogP contribution < -0.4 is 14.9 Å². The summed E-state index contributed by atoms with van der Waals surface area (Å²) in [5.74, 6) is 1.20. The van der Waals surface area contributed by atoms with E-state index in [9.17, 15) is 4.79 Å². The lowest BCUT2D eigenvalue weighted by molar-refractivity contribution is 0.0956. The van der Waals surface area contributed by atoms with Gasteiger partial charge < -0.3 is 9.47 Å². The molecule has 0 aliphatic heterocycles. The lowest BCUT2D eigenvalue weighted by atomic mass is 10.0. The zero-order valence-corrected chi connectivity index (χ0v) is 21.9. The van der Waals surface area contributed by atoms with E-state index >= 15 is 0 Å². The highest BCUT2D eigenvalue weighted by atomic mass is 16.5. The zero-order chi connectivity index (χ0) is 27.0. The van der Waals surface area contributed by atoms with Crippen LogP contribution in [0.1, 0.15) is 35.3 Å². The molecule has 1 aromatic heterocycles. The van der Waals surface area contributed by atoms with E-state index in [0.29, 0.717) is 17.9 Å². The SMILES string of the molecule is CC(C)Oc1ccc(-c2cc(C(=O)N/N=C\c3cccc(OCc4ccccc4)c3)c3ccccc3n2)cc1. The van der Waals surface area contributed by atoms with Crippen molar-refractivity contribution in [1.29, 1.82) is 0 Å². The second-order valence-corrected chi connectivity index (χ2v) is 9.31. The number of ether oxygens (including phenoxy) is 2. The largest absolute Gasteiger partial charge is 0.491 e. The molecule has 1 N–H and O–H groups in total. The van der Waals surface area contributed by atoms with E-state index in [2.05, 4.69) is 10.5 Å². The third kappa shape index (κ3) is 6.67. The molecule has 0 saturated carbocycles. The first-order chi connectivity index (χ1) is 19.0. The third-order valence-corrected chi connectivity index (χ3v) is 5.97. The lowest BCUT2D eigenvalue weighted by Crippen LogP contribution is -2.18. The first-order valence-electron chi connectivity index (χ1n) is 12.8. The number of aromatic nitrogens is 1. The van der Waals surface area contributed by atoms with E-state index < -0.39 is 0 Å². The van der Waals surface area contributed by atoms with E-state index in [1.165, 1.54) is 0 Å². The molecule has 0 bridgehead atoms. The Morgan fingerprint density at radius 2 is 1.64 bits per heavy atom. The Morgan fingerprint density at radius 3 is 2.44 bits per heavy atom. The minimum Gasteiger partial charge on any atom is -0.491 e. The molecule has 0 unspecified atom stereocenters. The molecule has 39 heavy (non-hydrogen) atoms. The number of pyridine rings is 1. The standard InChI is InChI=1S/C33H29N3O3/c1-23(2)39-27-17-15-26(16-18-27)32-20-30(29-13-6-7-14-31(29)35-32)33(37)36-34-21-25-11-8-12-28(19-25)38-22-24-9-4-3-5-10-24/h3-21,23H,22H2,1-2H3,(H,36,37)/b34-21-. The van der Waals surface area contributed by atoms with Gasteiger partial charge in [0.05, 0.1) is 29.1 Å². The average Bonchev–Trinajstić information content (AvgIpc) is 2.96. The van der Waals surface area contributed by atoms with Gasteiger partial charge in [-0.15, -0.1) is 0 Å². The molecule has 0 saturated heterocycles. The van der Waals surface area contributed by atoms with Gasteiger partial charge in [-0.2, -0.15) is 5.10 Å². The van der Waals surface area contributed by atoms with Crippen LogP contribution in [0, 0.1) is 0 Å². The highest BCUT2D eigenvalue weighted by molar-refractivity contribution is 6.07. The van der Waals surface area contributed by atoms with Crippen molar-refractivity contribution in [3.8, 4) is 22.8 Å². The van der Waals surface area contributed by atoms with E-state index in [4.69, 9.17) is 14.5 Å². The molecular formula is C33H29N3O3. The monoisotopic (exact) mass is 515 g/mol. The second-order valence-electron chi connectivity index (χ2n) is 9.31. The first kappa shape index (κ1) is 25.7. The van der Waals surface area contributed by atoms with Gasteiger partial charge >= 0.3 is 0 Å². The molecule has 1 heterocycles. The van der Waals surface area contributed by atoms with Crippen molar-refractivity contribution >= 4 is 23.0 Å². The van der Waals surface area contributed by atoms with E-state index in [1.807, 2.05) is 117 Å². The number of rotatable bonds is 9. The summed E-state index contributed by atoms with van der Waals surface area (Å²) >= 11 is 0. The summed E-state index contributed by atoms with van der Waals surface area (Å²) < 4.78 is 11.6. The molecule has 6 heteroatoms. The van der Waals surface area contributed by atoms with Crippen LogP contribution in [0.25, 0.3) is 22.2 Å². The summed E-state index contributed by atoms with van der Waals surface area (Å²) in [6, 6.07) is 34.6. The molecule has 5 rings (SSSR count). The van der Waals surface area contributed by atoms with Crippen LogP contribution in [0.4, 0.5) is 0 Å². The molecule has 0 fully saturated rings. The Morgan fingerprint density at radius 1 is 0.872 bits per heavy atom. The summed E-state index contributed by atoms with van der Waals surface area (Å²) in [4.78, 5) is 18.0. The Labute approximate surface area is 227 Å². The Bertz CT molecular complexity index is 1600. The van der Waals surface area contributed by atoms with Crippen molar-refractivity contribution in [3.63, 3.8) is 0 Å². The number of benzene rings is 4. The smallest absolute Gasteiger partial charge is 0.272 e. The van der Waals surface area contributed by atoms with Gasteiger partial charge in [0.15, 0.2) is 0 Å². The Hall–Kier alpha value is -4.97. The zero-order valence-electron chi connectivity index (χ0n) is 21.9. The predicted octanol–water partition coefficient (Wildman–Crippen LogP) is 7.03. The fourth-order valence-electron chi connectivity index (χ4n) is 4.14. The van der Waals surface area contributed by atoms with Crippen molar-refractivity contribution in [2.45, 2.75) is 26.6 Å². The summed E-state index contributed by atoms with van der Waals surface area (Å²) in [5.41, 5.74) is 7.38. The van der Waals surface area contributed by atoms with Crippen LogP contribution in [-0.2, 0) is 6.61 Å². The first-order valence-corrected chi connectivity index (χ1v) is 12.8. The summed E-state index contributed by atoms with van der Waals surface area (Å²) in [6.07, 6.45) is 1.69. The van der Waals surface area contributed by atoms with Gasteiger partial charge in [-0.3, -0.25) is 4.79 Å². The van der Waals surface area contributed by atoms with Crippen LogP contribution in [0.5, 0.6) is 11.5 Å². The molecule has 0 aliphatic carbocycles. The second kappa shape index (κ2) is 12.0. The van der Waals surface area contributed by atoms with E-state index in [1.54, 1.807) is 12.3 Å². The van der Waals surface area contributed by atoms with Gasteiger partial charge in [0.1, 0.15) is 18.1 Å². The highest BCUT2D eigenvalue weighted by Crippen LogP contribution is 2.27. The summed E-state index contributed by atoms with van der Waals surface area (Å²) in [5, 5.41) is 4.96. The number of nitrogens with zero attached hydrogens (tertiary/aromatic N) is 2. The molecule has 194 valence electrons. The number of fused-ring (bicyclic) bond motifs is 1. The van der Waals surface area contributed by atoms with Gasteiger partial charge in [0, 0.05) is 10.9 Å². The van der Waals surface area contributed by atoms with E-state index in [-0.39, 0.29) is 12.0 Å². The molecular weight excluding hydrogens is 486 g/mol. The maximum atomic E-state index is 13.2. The molecule has 0 radical (unpaired) electrons. The lowest BCUT2D eigenvalue weighted by Gasteiger charge is -2.11. The molecule has 0 aliphatic rings. The molecule has 0 atom stereocenters. The van der Waals surface area contributed by atoms with Crippen molar-refractivity contribution < 1.29 is 14.3 Å². The van der Waals surface area contributed by atoms with Crippen molar-refractivity contribution in [1.82, 2.24) is 10.4 Å². The van der Waals surface area contributed by atoms with Gasteiger partial charge in [0.2, 0.25) is 0 Å². The van der Waals surface area contributed by atoms with Crippen LogP contribution in [0.3, 0.4) is 0 Å². The minimum atomic E-state index is -0.317. The predicted molar refractivity (Wildman–Crippen MR) is 155 cm³/mol. The van der Waals surface area contributed by atoms with Crippen LogP contribution in [0.2, 0.25) is 0 Å². The number of nitrogens with one attached hydrogen (secondary N) is 1. The van der Waals surface area contributed by atoms with Crippen molar-refractivity contribution in [2.75, 3.05) is 0 Å². The van der Waals surface area contributed by atoms with Crippen molar-refractivity contribution in [2.24, 2.45) is 5.10 Å². The van der Waals surface area contributed by atoms with Crippen LogP contribution in [0.15, 0.2) is 114 Å². The maximum Gasteiger partial charge on any atom is 0.272 e. The number of carbonyl (C=O) groups excluding carboxylic acids is 1.